The average Bonchev–Trinajstić information content (AvgIpc) is 2.86. The van der Waals surface area contributed by atoms with Crippen LogP contribution in [0.25, 0.3) is 0 Å². The van der Waals surface area contributed by atoms with E-state index in [4.69, 9.17) is 0 Å². The molecule has 1 heterocycles. The number of nitrogens with one attached hydrogen (secondary N) is 1. The molecule has 4 heteroatoms. The van der Waals surface area contributed by atoms with E-state index in [2.05, 4.69) is 54.1 Å². The van der Waals surface area contributed by atoms with Gasteiger partial charge in [-0.3, -0.25) is 4.68 Å². The molecule has 19 heavy (non-hydrogen) atoms. The molecule has 0 aliphatic rings. The molecule has 102 valence electrons. The van der Waals surface area contributed by atoms with Gasteiger partial charge in [0.1, 0.15) is 0 Å². The lowest BCUT2D eigenvalue weighted by Crippen LogP contribution is -2.22. The Bertz CT molecular complexity index is 504. The number of thioether (sulfide) groups is 1. The summed E-state index contributed by atoms with van der Waals surface area (Å²) in [5, 5.41) is 7.87. The van der Waals surface area contributed by atoms with Gasteiger partial charge < -0.3 is 5.32 Å². The zero-order valence-electron chi connectivity index (χ0n) is 11.8. The van der Waals surface area contributed by atoms with Crippen LogP contribution in [0.1, 0.15) is 30.5 Å². The average molecular weight is 275 g/mol. The van der Waals surface area contributed by atoms with Crippen LogP contribution in [0.4, 0.5) is 0 Å². The van der Waals surface area contributed by atoms with Crippen LogP contribution in [0, 0.1) is 0 Å². The molecular weight excluding hydrogens is 254 g/mol. The van der Waals surface area contributed by atoms with Crippen molar-refractivity contribution in [3.63, 3.8) is 0 Å². The molecule has 0 amide bonds. The van der Waals surface area contributed by atoms with Crippen molar-refractivity contribution in [1.29, 1.82) is 0 Å². The Morgan fingerprint density at radius 2 is 2.00 bits per heavy atom. The van der Waals surface area contributed by atoms with Crippen LogP contribution < -0.4 is 5.32 Å². The van der Waals surface area contributed by atoms with Crippen molar-refractivity contribution in [1.82, 2.24) is 15.1 Å². The van der Waals surface area contributed by atoms with Crippen molar-refractivity contribution < 1.29 is 0 Å². The van der Waals surface area contributed by atoms with E-state index in [1.165, 1.54) is 16.0 Å². The van der Waals surface area contributed by atoms with Gasteiger partial charge in [-0.1, -0.05) is 19.1 Å². The van der Waals surface area contributed by atoms with Crippen LogP contribution >= 0.6 is 11.8 Å². The molecule has 0 aliphatic carbocycles. The van der Waals surface area contributed by atoms with Crippen LogP contribution in [-0.2, 0) is 7.05 Å². The maximum Gasteiger partial charge on any atom is 0.0607 e. The first-order valence-corrected chi connectivity index (χ1v) is 7.83. The molecule has 0 fully saturated rings. The topological polar surface area (TPSA) is 29.9 Å². The molecule has 1 N–H and O–H groups in total. The molecule has 0 saturated carbocycles. The van der Waals surface area contributed by atoms with Crippen molar-refractivity contribution in [3.05, 3.63) is 47.8 Å². The zero-order valence-corrected chi connectivity index (χ0v) is 12.6. The lowest BCUT2D eigenvalue weighted by molar-refractivity contribution is 0.597. The Labute approximate surface area is 119 Å². The fourth-order valence-corrected chi connectivity index (χ4v) is 2.51. The summed E-state index contributed by atoms with van der Waals surface area (Å²) in [6.07, 6.45) is 7.24. The molecule has 0 aliphatic heterocycles. The first kappa shape index (κ1) is 14.2. The van der Waals surface area contributed by atoms with Gasteiger partial charge in [0, 0.05) is 23.7 Å². The molecule has 0 saturated heterocycles. The van der Waals surface area contributed by atoms with Gasteiger partial charge in [-0.2, -0.15) is 5.10 Å². The van der Waals surface area contributed by atoms with Crippen LogP contribution in [0.2, 0.25) is 0 Å². The maximum atomic E-state index is 4.28. The molecule has 1 unspecified atom stereocenters. The third kappa shape index (κ3) is 3.61. The van der Waals surface area contributed by atoms with E-state index in [-0.39, 0.29) is 6.04 Å². The van der Waals surface area contributed by atoms with E-state index >= 15 is 0 Å². The molecule has 2 aromatic rings. The number of aryl methyl sites for hydroxylation is 1. The molecule has 1 aromatic carbocycles. The minimum atomic E-state index is 0.226. The fraction of sp³-hybridized carbons (Fsp3) is 0.400. The second-order valence-electron chi connectivity index (χ2n) is 4.61. The van der Waals surface area contributed by atoms with Crippen LogP contribution in [0.5, 0.6) is 0 Å². The Hall–Kier alpha value is -1.26. The Morgan fingerprint density at radius 3 is 2.53 bits per heavy atom. The van der Waals surface area contributed by atoms with Crippen LogP contribution in [0.3, 0.4) is 0 Å². The van der Waals surface area contributed by atoms with Gasteiger partial charge in [0.15, 0.2) is 0 Å². The van der Waals surface area contributed by atoms with Crippen molar-refractivity contribution in [2.75, 3.05) is 12.8 Å². The zero-order chi connectivity index (χ0) is 13.7. The van der Waals surface area contributed by atoms with Crippen molar-refractivity contribution in [3.8, 4) is 0 Å². The number of rotatable bonds is 6. The highest BCUT2D eigenvalue weighted by Gasteiger charge is 2.14. The molecule has 0 radical (unpaired) electrons. The van der Waals surface area contributed by atoms with Crippen LogP contribution in [-0.4, -0.2) is 22.6 Å². The quantitative estimate of drug-likeness (QED) is 0.821. The largest absolute Gasteiger partial charge is 0.306 e. The predicted molar refractivity (Wildman–Crippen MR) is 81.6 cm³/mol. The second-order valence-corrected chi connectivity index (χ2v) is 5.49. The highest BCUT2D eigenvalue weighted by Crippen LogP contribution is 2.24. The standard InChI is InChI=1S/C15H21N3S/c1-4-9-16-15(13-10-17-18(2)11-13)12-5-7-14(19-3)8-6-12/h5-8,10-11,15-16H,4,9H2,1-3H3. The maximum absolute atomic E-state index is 4.28. The van der Waals surface area contributed by atoms with E-state index < -0.39 is 0 Å². The van der Waals surface area contributed by atoms with E-state index in [0.717, 1.165) is 13.0 Å². The summed E-state index contributed by atoms with van der Waals surface area (Å²) >= 11 is 1.77. The summed E-state index contributed by atoms with van der Waals surface area (Å²) in [6.45, 7) is 3.19. The van der Waals surface area contributed by atoms with Gasteiger partial charge in [0.25, 0.3) is 0 Å². The lowest BCUT2D eigenvalue weighted by atomic mass is 10.0. The van der Waals surface area contributed by atoms with E-state index in [1.807, 2.05) is 17.9 Å². The van der Waals surface area contributed by atoms with Crippen molar-refractivity contribution in [2.24, 2.45) is 7.05 Å². The molecule has 1 atom stereocenters. The lowest BCUT2D eigenvalue weighted by Gasteiger charge is -2.18. The normalized spacial score (nSPS) is 12.6. The summed E-state index contributed by atoms with van der Waals surface area (Å²) in [4.78, 5) is 1.30. The summed E-state index contributed by atoms with van der Waals surface area (Å²) in [7, 11) is 1.96. The SMILES string of the molecule is CCCNC(c1ccc(SC)cc1)c1cnn(C)c1. The molecule has 3 nitrogen and oxygen atoms in total. The van der Waals surface area contributed by atoms with E-state index in [1.54, 1.807) is 11.8 Å². The smallest absolute Gasteiger partial charge is 0.0607 e. The summed E-state index contributed by atoms with van der Waals surface area (Å²) in [5.41, 5.74) is 2.51. The number of nitrogens with zero attached hydrogens (tertiary/aromatic N) is 2. The third-order valence-electron chi connectivity index (χ3n) is 3.11. The van der Waals surface area contributed by atoms with Gasteiger partial charge in [-0.15, -0.1) is 11.8 Å². The predicted octanol–water partition coefficient (Wildman–Crippen LogP) is 3.23. The number of hydrogen-bond acceptors (Lipinski definition) is 3. The summed E-state index contributed by atoms with van der Waals surface area (Å²) in [6, 6.07) is 8.98. The molecule has 1 aromatic heterocycles. The van der Waals surface area contributed by atoms with E-state index in [9.17, 15) is 0 Å². The number of benzene rings is 1. The minimum absolute atomic E-state index is 0.226. The fourth-order valence-electron chi connectivity index (χ4n) is 2.10. The Morgan fingerprint density at radius 1 is 1.26 bits per heavy atom. The monoisotopic (exact) mass is 275 g/mol. The van der Waals surface area contributed by atoms with E-state index in [0.29, 0.717) is 0 Å². The van der Waals surface area contributed by atoms with Gasteiger partial charge in [0.2, 0.25) is 0 Å². The second kappa shape index (κ2) is 6.78. The molecule has 0 bridgehead atoms. The summed E-state index contributed by atoms with van der Waals surface area (Å²) < 4.78 is 1.85. The highest BCUT2D eigenvalue weighted by molar-refractivity contribution is 7.98. The Balaban J connectivity index is 2.25. The molecular formula is C15H21N3S. The van der Waals surface area contributed by atoms with Crippen molar-refractivity contribution in [2.45, 2.75) is 24.3 Å². The number of aromatic nitrogens is 2. The number of hydrogen-bond donors (Lipinski definition) is 1. The first-order chi connectivity index (χ1) is 9.24. The summed E-state index contributed by atoms with van der Waals surface area (Å²) in [5.74, 6) is 0. The van der Waals surface area contributed by atoms with Gasteiger partial charge >= 0.3 is 0 Å². The Kier molecular flexibility index (Phi) is 5.05. The van der Waals surface area contributed by atoms with Gasteiger partial charge in [-0.05, 0) is 36.9 Å². The minimum Gasteiger partial charge on any atom is -0.306 e. The first-order valence-electron chi connectivity index (χ1n) is 6.60. The van der Waals surface area contributed by atoms with Gasteiger partial charge in [0.05, 0.1) is 12.2 Å². The van der Waals surface area contributed by atoms with Gasteiger partial charge in [-0.25, -0.2) is 0 Å². The highest BCUT2D eigenvalue weighted by atomic mass is 32.2. The van der Waals surface area contributed by atoms with Crippen LogP contribution in [0.15, 0.2) is 41.6 Å². The molecule has 0 spiro atoms. The third-order valence-corrected chi connectivity index (χ3v) is 3.85. The molecule has 2 rings (SSSR count). The van der Waals surface area contributed by atoms with Crippen molar-refractivity contribution >= 4 is 11.8 Å².